The van der Waals surface area contributed by atoms with Gasteiger partial charge in [-0.1, -0.05) is 13.3 Å². The van der Waals surface area contributed by atoms with Crippen LogP contribution in [-0.4, -0.2) is 22.4 Å². The van der Waals surface area contributed by atoms with Crippen molar-refractivity contribution in [2.24, 2.45) is 0 Å². The van der Waals surface area contributed by atoms with Gasteiger partial charge in [-0.05, 0) is 51.9 Å². The minimum absolute atomic E-state index is 0.0242. The van der Waals surface area contributed by atoms with Crippen molar-refractivity contribution >= 4 is 28.6 Å². The standard InChI is InChI=1S/C19H27N3OS2/c1-3-4-10-16-21-13(2)18(25-16)19(23)20-12-7-11-17-22-14-8-5-6-9-15(14)24-17/h3-12H2,1-2H3,(H,20,23). The van der Waals surface area contributed by atoms with Gasteiger partial charge in [0.15, 0.2) is 0 Å². The minimum Gasteiger partial charge on any atom is -0.351 e. The van der Waals surface area contributed by atoms with E-state index in [9.17, 15) is 4.79 Å². The Morgan fingerprint density at radius 3 is 2.64 bits per heavy atom. The highest BCUT2D eigenvalue weighted by atomic mass is 32.1. The number of hydrogen-bond acceptors (Lipinski definition) is 5. The first-order valence-corrected chi connectivity index (χ1v) is 11.0. The van der Waals surface area contributed by atoms with Gasteiger partial charge in [0.05, 0.1) is 21.4 Å². The number of aryl methyl sites for hydroxylation is 5. The number of aromatic nitrogens is 2. The topological polar surface area (TPSA) is 54.9 Å². The zero-order valence-electron chi connectivity index (χ0n) is 15.2. The number of rotatable bonds is 8. The monoisotopic (exact) mass is 377 g/mol. The molecule has 2 aromatic heterocycles. The van der Waals surface area contributed by atoms with Crippen molar-refractivity contribution in [2.45, 2.75) is 71.6 Å². The third-order valence-electron chi connectivity index (χ3n) is 4.53. The molecule has 25 heavy (non-hydrogen) atoms. The zero-order chi connectivity index (χ0) is 17.6. The molecule has 1 N–H and O–H groups in total. The Bertz CT molecular complexity index is 697. The van der Waals surface area contributed by atoms with Gasteiger partial charge in [-0.15, -0.1) is 22.7 Å². The number of fused-ring (bicyclic) bond motifs is 1. The molecule has 136 valence electrons. The van der Waals surface area contributed by atoms with Crippen LogP contribution in [0.4, 0.5) is 0 Å². The Hall–Kier alpha value is -1.27. The summed E-state index contributed by atoms with van der Waals surface area (Å²) in [5.41, 5.74) is 2.19. The van der Waals surface area contributed by atoms with E-state index in [4.69, 9.17) is 4.98 Å². The maximum absolute atomic E-state index is 12.4. The fourth-order valence-electron chi connectivity index (χ4n) is 3.13. The molecule has 0 spiro atoms. The summed E-state index contributed by atoms with van der Waals surface area (Å²) in [5.74, 6) is 0.0242. The van der Waals surface area contributed by atoms with Crippen LogP contribution in [0.15, 0.2) is 0 Å². The predicted octanol–water partition coefficient (Wildman–Crippen LogP) is 4.49. The van der Waals surface area contributed by atoms with Gasteiger partial charge in [0.1, 0.15) is 4.88 Å². The molecule has 0 saturated carbocycles. The van der Waals surface area contributed by atoms with Gasteiger partial charge in [-0.2, -0.15) is 0 Å². The fraction of sp³-hybridized carbons (Fsp3) is 0.632. The van der Waals surface area contributed by atoms with E-state index in [1.54, 1.807) is 11.3 Å². The summed E-state index contributed by atoms with van der Waals surface area (Å²) in [6, 6.07) is 0. The SMILES string of the molecule is CCCCc1nc(C)c(C(=O)NCCCc2nc3c(s2)CCCC3)s1. The number of nitrogens with zero attached hydrogens (tertiary/aromatic N) is 2. The number of hydrogen-bond donors (Lipinski definition) is 1. The van der Waals surface area contributed by atoms with Crippen LogP contribution in [0.2, 0.25) is 0 Å². The molecule has 0 radical (unpaired) electrons. The Morgan fingerprint density at radius 2 is 1.84 bits per heavy atom. The van der Waals surface area contributed by atoms with Gasteiger partial charge >= 0.3 is 0 Å². The normalized spacial score (nSPS) is 13.7. The molecule has 0 unspecified atom stereocenters. The summed E-state index contributed by atoms with van der Waals surface area (Å²) in [5, 5.41) is 5.36. The van der Waals surface area contributed by atoms with E-state index >= 15 is 0 Å². The Morgan fingerprint density at radius 1 is 1.08 bits per heavy atom. The summed E-state index contributed by atoms with van der Waals surface area (Å²) in [6.45, 7) is 4.80. The number of amides is 1. The molecular formula is C19H27N3OS2. The highest BCUT2D eigenvalue weighted by Gasteiger charge is 2.16. The molecule has 3 rings (SSSR count). The number of thiazole rings is 2. The molecule has 0 atom stereocenters. The number of unbranched alkanes of at least 4 members (excludes halogenated alkanes) is 1. The second kappa shape index (κ2) is 8.90. The summed E-state index contributed by atoms with van der Waals surface area (Å²) in [6.07, 6.45) is 10.1. The quantitative estimate of drug-likeness (QED) is 0.690. The second-order valence-electron chi connectivity index (χ2n) is 6.67. The van der Waals surface area contributed by atoms with E-state index < -0.39 is 0 Å². The summed E-state index contributed by atoms with van der Waals surface area (Å²) < 4.78 is 0. The van der Waals surface area contributed by atoms with E-state index in [0.717, 1.165) is 54.1 Å². The van der Waals surface area contributed by atoms with E-state index in [1.165, 1.54) is 34.8 Å². The van der Waals surface area contributed by atoms with Crippen LogP contribution in [-0.2, 0) is 25.7 Å². The molecule has 0 fully saturated rings. The van der Waals surface area contributed by atoms with Gasteiger partial charge in [0.2, 0.25) is 0 Å². The van der Waals surface area contributed by atoms with E-state index in [1.807, 2.05) is 18.3 Å². The largest absolute Gasteiger partial charge is 0.351 e. The number of carbonyl (C=O) groups excluding carboxylic acids is 1. The van der Waals surface area contributed by atoms with Gasteiger partial charge in [0.25, 0.3) is 5.91 Å². The average molecular weight is 378 g/mol. The Kier molecular flexibility index (Phi) is 6.59. The van der Waals surface area contributed by atoms with E-state index in [-0.39, 0.29) is 5.91 Å². The summed E-state index contributed by atoms with van der Waals surface area (Å²) >= 11 is 3.42. The maximum Gasteiger partial charge on any atom is 0.263 e. The van der Waals surface area contributed by atoms with Crippen molar-refractivity contribution in [1.82, 2.24) is 15.3 Å². The molecule has 2 heterocycles. The van der Waals surface area contributed by atoms with Crippen LogP contribution in [0, 0.1) is 6.92 Å². The number of carbonyl (C=O) groups is 1. The van der Waals surface area contributed by atoms with Gasteiger partial charge in [0, 0.05) is 17.8 Å². The van der Waals surface area contributed by atoms with E-state index in [0.29, 0.717) is 6.54 Å². The second-order valence-corrected chi connectivity index (χ2v) is 8.92. The van der Waals surface area contributed by atoms with Crippen molar-refractivity contribution in [3.05, 3.63) is 31.2 Å². The van der Waals surface area contributed by atoms with Gasteiger partial charge < -0.3 is 5.32 Å². The van der Waals surface area contributed by atoms with Crippen molar-refractivity contribution < 1.29 is 4.79 Å². The lowest BCUT2D eigenvalue weighted by Gasteiger charge is -2.06. The van der Waals surface area contributed by atoms with Crippen LogP contribution in [0.3, 0.4) is 0 Å². The Labute approximate surface area is 158 Å². The molecule has 0 aromatic carbocycles. The molecular weight excluding hydrogens is 350 g/mol. The Balaban J connectivity index is 1.45. The molecule has 0 bridgehead atoms. The molecule has 1 amide bonds. The lowest BCUT2D eigenvalue weighted by Crippen LogP contribution is -2.24. The molecule has 4 nitrogen and oxygen atoms in total. The molecule has 1 aliphatic carbocycles. The van der Waals surface area contributed by atoms with Crippen molar-refractivity contribution in [2.75, 3.05) is 6.54 Å². The highest BCUT2D eigenvalue weighted by molar-refractivity contribution is 7.13. The van der Waals surface area contributed by atoms with Gasteiger partial charge in [-0.3, -0.25) is 4.79 Å². The lowest BCUT2D eigenvalue weighted by molar-refractivity contribution is 0.0956. The van der Waals surface area contributed by atoms with Crippen LogP contribution < -0.4 is 5.32 Å². The van der Waals surface area contributed by atoms with Crippen LogP contribution in [0.5, 0.6) is 0 Å². The summed E-state index contributed by atoms with van der Waals surface area (Å²) in [7, 11) is 0. The van der Waals surface area contributed by atoms with Crippen molar-refractivity contribution in [1.29, 1.82) is 0 Å². The first-order valence-electron chi connectivity index (χ1n) is 9.39. The minimum atomic E-state index is 0.0242. The lowest BCUT2D eigenvalue weighted by atomic mass is 10.0. The predicted molar refractivity (Wildman–Crippen MR) is 105 cm³/mol. The maximum atomic E-state index is 12.4. The van der Waals surface area contributed by atoms with Crippen molar-refractivity contribution in [3.8, 4) is 0 Å². The number of nitrogens with one attached hydrogen (secondary N) is 1. The van der Waals surface area contributed by atoms with E-state index in [2.05, 4.69) is 17.2 Å². The average Bonchev–Trinajstić information content (AvgIpc) is 3.19. The molecule has 0 saturated heterocycles. The van der Waals surface area contributed by atoms with Gasteiger partial charge in [-0.25, -0.2) is 9.97 Å². The third kappa shape index (κ3) is 4.88. The smallest absolute Gasteiger partial charge is 0.263 e. The fourth-order valence-corrected chi connectivity index (χ4v) is 5.35. The molecule has 1 aliphatic rings. The van der Waals surface area contributed by atoms with Crippen LogP contribution in [0.25, 0.3) is 0 Å². The van der Waals surface area contributed by atoms with Crippen molar-refractivity contribution in [3.63, 3.8) is 0 Å². The first-order chi connectivity index (χ1) is 12.2. The first kappa shape index (κ1) is 18.5. The zero-order valence-corrected chi connectivity index (χ0v) is 16.8. The van der Waals surface area contributed by atoms with Crippen LogP contribution >= 0.6 is 22.7 Å². The molecule has 0 aliphatic heterocycles. The molecule has 2 aromatic rings. The third-order valence-corrected chi connectivity index (χ3v) is 6.97. The highest BCUT2D eigenvalue weighted by Crippen LogP contribution is 2.27. The molecule has 6 heteroatoms. The van der Waals surface area contributed by atoms with Crippen LogP contribution in [0.1, 0.15) is 75.0 Å². The summed E-state index contributed by atoms with van der Waals surface area (Å²) in [4.78, 5) is 23.9.